The molecule has 0 fully saturated rings. The van der Waals surface area contributed by atoms with E-state index in [1.54, 1.807) is 0 Å². The number of aryl methyl sites for hydroxylation is 2. The van der Waals surface area contributed by atoms with Gasteiger partial charge in [-0.25, -0.2) is 0 Å². The van der Waals surface area contributed by atoms with Crippen molar-refractivity contribution in [1.29, 1.82) is 0 Å². The number of hydrogen-bond acceptors (Lipinski definition) is 2. The predicted molar refractivity (Wildman–Crippen MR) is 80.1 cm³/mol. The van der Waals surface area contributed by atoms with Gasteiger partial charge in [-0.3, -0.25) is 4.79 Å². The Balaban J connectivity index is 2.58. The highest BCUT2D eigenvalue weighted by atomic mass is 16.2. The molecule has 3 nitrogen and oxygen atoms in total. The molecule has 0 saturated heterocycles. The average Bonchev–Trinajstić information content (AvgIpc) is 2.32. The lowest BCUT2D eigenvalue weighted by atomic mass is 10.1. The second-order valence-corrected chi connectivity index (χ2v) is 5.34. The monoisotopic (exact) mass is 262 g/mol. The number of nitrogens with zero attached hydrogens (tertiary/aromatic N) is 1. The Bertz CT molecular complexity index is 429. The molecule has 19 heavy (non-hydrogen) atoms. The molecule has 1 aromatic carbocycles. The fourth-order valence-electron chi connectivity index (χ4n) is 2.21. The van der Waals surface area contributed by atoms with Crippen LogP contribution in [0.15, 0.2) is 18.2 Å². The first-order chi connectivity index (χ1) is 8.93. The van der Waals surface area contributed by atoms with E-state index in [4.69, 9.17) is 0 Å². The summed E-state index contributed by atoms with van der Waals surface area (Å²) in [5, 5.41) is 3.27. The number of nitrogens with one attached hydrogen (secondary N) is 1. The molecule has 3 heteroatoms. The highest BCUT2D eigenvalue weighted by molar-refractivity contribution is 5.76. The number of amides is 1. The van der Waals surface area contributed by atoms with Gasteiger partial charge in [0.2, 0.25) is 5.91 Å². The van der Waals surface area contributed by atoms with Gasteiger partial charge in [0, 0.05) is 26.1 Å². The number of hydrogen-bond donors (Lipinski definition) is 1. The summed E-state index contributed by atoms with van der Waals surface area (Å²) in [5.74, 6) is 0.188. The predicted octanol–water partition coefficient (Wildman–Crippen LogP) is 2.65. The lowest BCUT2D eigenvalue weighted by molar-refractivity contribution is -0.130. The normalized spacial score (nSPS) is 12.3. The molecule has 1 amide bonds. The van der Waals surface area contributed by atoms with Crippen molar-refractivity contribution in [1.82, 2.24) is 10.2 Å². The van der Waals surface area contributed by atoms with Crippen LogP contribution in [0, 0.1) is 13.8 Å². The molecule has 0 bridgehead atoms. The smallest absolute Gasteiger partial charge is 0.224 e. The lowest BCUT2D eigenvalue weighted by Crippen LogP contribution is -2.34. The summed E-state index contributed by atoms with van der Waals surface area (Å²) in [6, 6.07) is 6.61. The quantitative estimate of drug-likeness (QED) is 0.855. The number of rotatable bonds is 6. The van der Waals surface area contributed by atoms with Gasteiger partial charge >= 0.3 is 0 Å². The Kier molecular flexibility index (Phi) is 6.03. The Morgan fingerprint density at radius 3 is 2.63 bits per heavy atom. The Morgan fingerprint density at radius 2 is 2.05 bits per heavy atom. The zero-order chi connectivity index (χ0) is 14.4. The van der Waals surface area contributed by atoms with Crippen molar-refractivity contribution in [2.24, 2.45) is 0 Å². The van der Waals surface area contributed by atoms with Gasteiger partial charge in [0.25, 0.3) is 0 Å². The van der Waals surface area contributed by atoms with Crippen molar-refractivity contribution in [2.45, 2.75) is 46.7 Å². The molecule has 0 aliphatic carbocycles. The first-order valence-electron chi connectivity index (χ1n) is 6.97. The molecule has 1 N–H and O–H groups in total. The molecule has 0 aromatic heterocycles. The van der Waals surface area contributed by atoms with E-state index < -0.39 is 0 Å². The first kappa shape index (κ1) is 15.7. The molecule has 0 heterocycles. The summed E-state index contributed by atoms with van der Waals surface area (Å²) in [5.41, 5.74) is 3.73. The van der Waals surface area contributed by atoms with Crippen LogP contribution in [-0.2, 0) is 11.3 Å². The fourth-order valence-corrected chi connectivity index (χ4v) is 2.21. The lowest BCUT2D eigenvalue weighted by Gasteiger charge is -2.21. The molecule has 106 valence electrons. The minimum atomic E-state index is 0.188. The summed E-state index contributed by atoms with van der Waals surface area (Å²) < 4.78 is 0. The number of carbonyl (C=O) groups is 1. The third-order valence-corrected chi connectivity index (χ3v) is 3.36. The highest BCUT2D eigenvalue weighted by Crippen LogP contribution is 2.13. The molecular weight excluding hydrogens is 236 g/mol. The summed E-state index contributed by atoms with van der Waals surface area (Å²) >= 11 is 0. The molecule has 0 aliphatic heterocycles. The Labute approximate surface area is 117 Å². The van der Waals surface area contributed by atoms with E-state index in [-0.39, 0.29) is 11.9 Å². The second-order valence-electron chi connectivity index (χ2n) is 5.34. The Hall–Kier alpha value is -1.35. The van der Waals surface area contributed by atoms with Gasteiger partial charge in [0.1, 0.15) is 0 Å². The van der Waals surface area contributed by atoms with Crippen LogP contribution in [0.1, 0.15) is 37.0 Å². The van der Waals surface area contributed by atoms with E-state index >= 15 is 0 Å². The molecule has 1 aromatic rings. The maximum absolute atomic E-state index is 12.1. The SMILES string of the molecule is CCNC(C)CC(=O)N(C)Cc1ccc(C)cc1C. The maximum atomic E-state index is 12.1. The second kappa shape index (κ2) is 7.29. The van der Waals surface area contributed by atoms with Gasteiger partial charge in [-0.05, 0) is 38.4 Å². The van der Waals surface area contributed by atoms with Gasteiger partial charge < -0.3 is 10.2 Å². The molecule has 1 unspecified atom stereocenters. The van der Waals surface area contributed by atoms with Crippen LogP contribution in [0.2, 0.25) is 0 Å². The summed E-state index contributed by atoms with van der Waals surface area (Å²) in [7, 11) is 1.88. The van der Waals surface area contributed by atoms with Crippen LogP contribution >= 0.6 is 0 Å². The largest absolute Gasteiger partial charge is 0.341 e. The summed E-state index contributed by atoms with van der Waals surface area (Å²) in [6.45, 7) is 9.87. The minimum absolute atomic E-state index is 0.188. The van der Waals surface area contributed by atoms with E-state index in [9.17, 15) is 4.79 Å². The van der Waals surface area contributed by atoms with Gasteiger partial charge in [0.05, 0.1) is 0 Å². The molecule has 0 saturated carbocycles. The zero-order valence-electron chi connectivity index (χ0n) is 12.8. The third kappa shape index (κ3) is 5.03. The van der Waals surface area contributed by atoms with E-state index in [0.29, 0.717) is 13.0 Å². The van der Waals surface area contributed by atoms with E-state index in [1.807, 2.05) is 18.9 Å². The first-order valence-corrected chi connectivity index (χ1v) is 6.97. The molecule has 1 rings (SSSR count). The van der Waals surface area contributed by atoms with Gasteiger partial charge in [-0.15, -0.1) is 0 Å². The summed E-state index contributed by atoms with van der Waals surface area (Å²) in [6.07, 6.45) is 0.551. The number of carbonyl (C=O) groups excluding carboxylic acids is 1. The van der Waals surface area contributed by atoms with Crippen LogP contribution in [-0.4, -0.2) is 30.4 Å². The average molecular weight is 262 g/mol. The Morgan fingerprint density at radius 1 is 1.37 bits per heavy atom. The van der Waals surface area contributed by atoms with E-state index in [2.05, 4.69) is 44.3 Å². The van der Waals surface area contributed by atoms with Crippen molar-refractivity contribution >= 4 is 5.91 Å². The van der Waals surface area contributed by atoms with Crippen molar-refractivity contribution in [3.63, 3.8) is 0 Å². The van der Waals surface area contributed by atoms with E-state index in [0.717, 1.165) is 6.54 Å². The van der Waals surface area contributed by atoms with Crippen LogP contribution in [0.4, 0.5) is 0 Å². The van der Waals surface area contributed by atoms with Crippen LogP contribution < -0.4 is 5.32 Å². The van der Waals surface area contributed by atoms with Gasteiger partial charge in [-0.1, -0.05) is 30.7 Å². The maximum Gasteiger partial charge on any atom is 0.224 e. The molecular formula is C16H26N2O. The van der Waals surface area contributed by atoms with Gasteiger partial charge in [-0.2, -0.15) is 0 Å². The third-order valence-electron chi connectivity index (χ3n) is 3.36. The van der Waals surface area contributed by atoms with Crippen LogP contribution in [0.25, 0.3) is 0 Å². The fraction of sp³-hybridized carbons (Fsp3) is 0.562. The minimum Gasteiger partial charge on any atom is -0.341 e. The standard InChI is InChI=1S/C16H26N2O/c1-6-17-14(4)10-16(19)18(5)11-15-8-7-12(2)9-13(15)3/h7-9,14,17H,6,10-11H2,1-5H3. The molecule has 0 spiro atoms. The highest BCUT2D eigenvalue weighted by Gasteiger charge is 2.13. The molecule has 0 aliphatic rings. The summed E-state index contributed by atoms with van der Waals surface area (Å²) in [4.78, 5) is 13.9. The van der Waals surface area contributed by atoms with Crippen LogP contribution in [0.5, 0.6) is 0 Å². The van der Waals surface area contributed by atoms with E-state index in [1.165, 1.54) is 16.7 Å². The zero-order valence-corrected chi connectivity index (χ0v) is 12.8. The number of benzene rings is 1. The van der Waals surface area contributed by atoms with Gasteiger partial charge in [0.15, 0.2) is 0 Å². The van der Waals surface area contributed by atoms with Crippen molar-refractivity contribution in [3.8, 4) is 0 Å². The van der Waals surface area contributed by atoms with Crippen molar-refractivity contribution in [2.75, 3.05) is 13.6 Å². The van der Waals surface area contributed by atoms with Crippen molar-refractivity contribution in [3.05, 3.63) is 34.9 Å². The van der Waals surface area contributed by atoms with Crippen LogP contribution in [0.3, 0.4) is 0 Å². The molecule has 1 atom stereocenters. The molecule has 0 radical (unpaired) electrons. The van der Waals surface area contributed by atoms with Crippen molar-refractivity contribution < 1.29 is 4.79 Å². The topological polar surface area (TPSA) is 32.3 Å².